The van der Waals surface area contributed by atoms with Crippen LogP contribution in [-0.2, 0) is 10.1 Å². The number of benzene rings is 2. The SMILES string of the molecule is Cc1ccc(S(=O)(=O)O)cc1.O=C(NO)N/N=C/c1cc(Cl)ccc1[N+](=O)[O-]. The molecule has 0 saturated heterocycles. The number of urea groups is 1. The Balaban J connectivity index is 0.000000307. The number of carbonyl (C=O) groups excluding carboxylic acids is 1. The molecule has 2 aromatic carbocycles. The molecule has 0 aliphatic heterocycles. The number of hydrogen-bond acceptors (Lipinski definition) is 7. The van der Waals surface area contributed by atoms with Crippen molar-refractivity contribution in [3.63, 3.8) is 0 Å². The zero-order chi connectivity index (χ0) is 21.3. The fourth-order valence-corrected chi connectivity index (χ4v) is 2.35. The Bertz CT molecular complexity index is 978. The highest BCUT2D eigenvalue weighted by Gasteiger charge is 2.12. The van der Waals surface area contributed by atoms with Crippen molar-refractivity contribution in [2.75, 3.05) is 0 Å². The largest absolute Gasteiger partial charge is 0.358 e. The Hall–Kier alpha value is -3.06. The lowest BCUT2D eigenvalue weighted by molar-refractivity contribution is -0.385. The average molecular weight is 431 g/mol. The first-order chi connectivity index (χ1) is 13.0. The summed E-state index contributed by atoms with van der Waals surface area (Å²) in [5, 5.41) is 22.5. The quantitative estimate of drug-likeness (QED) is 0.189. The number of nitrogens with one attached hydrogen (secondary N) is 2. The Morgan fingerprint density at radius 2 is 1.86 bits per heavy atom. The molecule has 13 heteroatoms. The smallest absolute Gasteiger partial charge is 0.287 e. The van der Waals surface area contributed by atoms with Crippen molar-refractivity contribution in [1.29, 1.82) is 0 Å². The van der Waals surface area contributed by atoms with Crippen molar-refractivity contribution in [1.82, 2.24) is 10.9 Å². The van der Waals surface area contributed by atoms with E-state index in [4.69, 9.17) is 21.4 Å². The van der Waals surface area contributed by atoms with E-state index in [9.17, 15) is 23.3 Å². The van der Waals surface area contributed by atoms with Crippen LogP contribution in [0.4, 0.5) is 10.5 Å². The zero-order valence-electron chi connectivity index (χ0n) is 14.2. The van der Waals surface area contributed by atoms with E-state index in [-0.39, 0.29) is 16.1 Å². The summed E-state index contributed by atoms with van der Waals surface area (Å²) in [6.45, 7) is 1.84. The Kier molecular flexibility index (Phi) is 8.47. The molecule has 0 atom stereocenters. The van der Waals surface area contributed by atoms with Crippen LogP contribution in [-0.4, -0.2) is 35.3 Å². The molecule has 150 valence electrons. The minimum atomic E-state index is -4.02. The molecule has 0 fully saturated rings. The summed E-state index contributed by atoms with van der Waals surface area (Å²) >= 11 is 5.67. The summed E-state index contributed by atoms with van der Waals surface area (Å²) < 4.78 is 29.6. The molecule has 2 aromatic rings. The summed E-state index contributed by atoms with van der Waals surface area (Å²) in [6.07, 6.45) is 1.04. The lowest BCUT2D eigenvalue weighted by Crippen LogP contribution is -2.29. The van der Waals surface area contributed by atoms with Crippen LogP contribution in [0.25, 0.3) is 0 Å². The van der Waals surface area contributed by atoms with Crippen LogP contribution < -0.4 is 10.9 Å². The average Bonchev–Trinajstić information content (AvgIpc) is 2.61. The first-order valence-corrected chi connectivity index (χ1v) is 9.07. The molecule has 0 aliphatic carbocycles. The van der Waals surface area contributed by atoms with Gasteiger partial charge in [0.1, 0.15) is 0 Å². The van der Waals surface area contributed by atoms with Crippen molar-refractivity contribution in [2.45, 2.75) is 11.8 Å². The maximum absolute atomic E-state index is 10.6. The number of carbonyl (C=O) groups is 1. The number of hydrazone groups is 1. The maximum Gasteiger partial charge on any atom is 0.358 e. The van der Waals surface area contributed by atoms with Gasteiger partial charge < -0.3 is 0 Å². The predicted molar refractivity (Wildman–Crippen MR) is 100 cm³/mol. The van der Waals surface area contributed by atoms with E-state index in [1.54, 1.807) is 12.1 Å². The Morgan fingerprint density at radius 3 is 2.36 bits per heavy atom. The van der Waals surface area contributed by atoms with Crippen LogP contribution in [0.2, 0.25) is 5.02 Å². The van der Waals surface area contributed by atoms with Crippen LogP contribution in [0.15, 0.2) is 52.5 Å². The van der Waals surface area contributed by atoms with Crippen LogP contribution in [0.5, 0.6) is 0 Å². The minimum absolute atomic E-state index is 0.0666. The molecule has 28 heavy (non-hydrogen) atoms. The topological polar surface area (TPSA) is 171 Å². The molecule has 0 saturated carbocycles. The van der Waals surface area contributed by atoms with E-state index in [2.05, 4.69) is 5.10 Å². The Labute approximate surface area is 164 Å². The van der Waals surface area contributed by atoms with Crippen LogP contribution in [0, 0.1) is 17.0 Å². The zero-order valence-corrected chi connectivity index (χ0v) is 15.8. The second-order valence-corrected chi connectivity index (χ2v) is 6.92. The third-order valence-corrected chi connectivity index (χ3v) is 4.08. The number of nitro groups is 1. The molecule has 0 heterocycles. The summed E-state index contributed by atoms with van der Waals surface area (Å²) in [5.41, 5.74) is 4.02. The van der Waals surface area contributed by atoms with Crippen LogP contribution >= 0.6 is 11.6 Å². The number of nitro benzene ring substituents is 1. The molecule has 0 bridgehead atoms. The highest BCUT2D eigenvalue weighted by atomic mass is 35.5. The standard InChI is InChI=1S/C8H7ClN4O4.C7H8O3S/c9-6-1-2-7(13(16)17)5(3-6)4-10-11-8(14)12-15;1-6-2-4-7(5-3-6)11(8,9)10/h1-4,15H,(H2,11,12,14);2-5H,1H3,(H,8,9,10)/b10-4+;. The first-order valence-electron chi connectivity index (χ1n) is 7.26. The predicted octanol–water partition coefficient (Wildman–Crippen LogP) is 2.51. The van der Waals surface area contributed by atoms with E-state index in [0.29, 0.717) is 5.02 Å². The van der Waals surface area contributed by atoms with E-state index in [0.717, 1.165) is 11.8 Å². The summed E-state index contributed by atoms with van der Waals surface area (Å²) in [6, 6.07) is 8.93. The van der Waals surface area contributed by atoms with Crippen molar-refractivity contribution in [3.05, 3.63) is 68.7 Å². The van der Waals surface area contributed by atoms with Crippen LogP contribution in [0.3, 0.4) is 0 Å². The van der Waals surface area contributed by atoms with Gasteiger partial charge in [-0.05, 0) is 31.2 Å². The fourth-order valence-electron chi connectivity index (χ4n) is 1.69. The minimum Gasteiger partial charge on any atom is -0.287 e. The summed E-state index contributed by atoms with van der Waals surface area (Å²) in [7, 11) is -4.02. The van der Waals surface area contributed by atoms with Gasteiger partial charge in [0, 0.05) is 11.1 Å². The lowest BCUT2D eigenvalue weighted by Gasteiger charge is -1.98. The third-order valence-electron chi connectivity index (χ3n) is 2.98. The first kappa shape index (κ1) is 23.0. The Morgan fingerprint density at radius 1 is 1.25 bits per heavy atom. The molecule has 0 unspecified atom stereocenters. The van der Waals surface area contributed by atoms with E-state index in [1.165, 1.54) is 35.8 Å². The molecule has 2 rings (SSSR count). The molecule has 2 amide bonds. The molecule has 0 aliphatic rings. The highest BCUT2D eigenvalue weighted by molar-refractivity contribution is 7.85. The normalized spacial score (nSPS) is 10.7. The monoisotopic (exact) mass is 430 g/mol. The van der Waals surface area contributed by atoms with Crippen molar-refractivity contribution >= 4 is 39.7 Å². The van der Waals surface area contributed by atoms with Crippen LogP contribution in [0.1, 0.15) is 11.1 Å². The number of aryl methyl sites for hydroxylation is 1. The number of nitrogens with zero attached hydrogens (tertiary/aromatic N) is 2. The van der Waals surface area contributed by atoms with E-state index < -0.39 is 21.1 Å². The molecule has 0 spiro atoms. The van der Waals surface area contributed by atoms with Gasteiger partial charge in [-0.15, -0.1) is 0 Å². The van der Waals surface area contributed by atoms with Gasteiger partial charge in [-0.2, -0.15) is 13.5 Å². The molecular weight excluding hydrogens is 416 g/mol. The van der Waals surface area contributed by atoms with Gasteiger partial charge in [0.25, 0.3) is 15.8 Å². The molecular formula is C15H15ClN4O7S. The van der Waals surface area contributed by atoms with Crippen molar-refractivity contribution in [2.24, 2.45) is 5.10 Å². The van der Waals surface area contributed by atoms with Gasteiger partial charge in [-0.1, -0.05) is 29.3 Å². The van der Waals surface area contributed by atoms with Gasteiger partial charge in [-0.25, -0.2) is 15.7 Å². The number of hydroxylamine groups is 1. The number of halogens is 1. The molecule has 4 N–H and O–H groups in total. The second-order valence-electron chi connectivity index (χ2n) is 5.06. The molecule has 0 aromatic heterocycles. The van der Waals surface area contributed by atoms with Gasteiger partial charge in [0.2, 0.25) is 0 Å². The van der Waals surface area contributed by atoms with E-state index in [1.807, 2.05) is 12.3 Å². The van der Waals surface area contributed by atoms with Gasteiger partial charge in [0.15, 0.2) is 0 Å². The van der Waals surface area contributed by atoms with Gasteiger partial charge in [-0.3, -0.25) is 19.9 Å². The second kappa shape index (κ2) is 10.3. The van der Waals surface area contributed by atoms with Crippen molar-refractivity contribution < 1.29 is 27.9 Å². The van der Waals surface area contributed by atoms with Gasteiger partial charge >= 0.3 is 6.03 Å². The maximum atomic E-state index is 10.6. The summed E-state index contributed by atoms with van der Waals surface area (Å²) in [4.78, 5) is 20.5. The lowest BCUT2D eigenvalue weighted by atomic mass is 10.2. The highest BCUT2D eigenvalue weighted by Crippen LogP contribution is 2.20. The molecule has 0 radical (unpaired) electrons. The summed E-state index contributed by atoms with van der Waals surface area (Å²) in [5.74, 6) is 0. The molecule has 11 nitrogen and oxygen atoms in total. The fraction of sp³-hybridized carbons (Fsp3) is 0.0667. The number of amides is 2. The number of rotatable bonds is 4. The van der Waals surface area contributed by atoms with E-state index >= 15 is 0 Å². The number of hydrogen-bond donors (Lipinski definition) is 4. The van der Waals surface area contributed by atoms with Crippen molar-refractivity contribution in [3.8, 4) is 0 Å². The third kappa shape index (κ3) is 7.67. The van der Waals surface area contributed by atoms with Gasteiger partial charge in [0.05, 0.1) is 21.6 Å².